The number of carbonyl (C=O) groups is 1. The smallest absolute Gasteiger partial charge is 0.257 e. The minimum absolute atomic E-state index is 0.0706. The number of piperidine rings is 1. The van der Waals surface area contributed by atoms with Crippen LogP contribution >= 0.6 is 0 Å². The van der Waals surface area contributed by atoms with E-state index in [1.54, 1.807) is 4.52 Å². The number of amides is 1. The number of nitrogens with one attached hydrogen (secondary N) is 2. The van der Waals surface area contributed by atoms with Crippen LogP contribution in [-0.4, -0.2) is 40.1 Å². The number of hydrogen-bond donors (Lipinski definition) is 2. The van der Waals surface area contributed by atoms with Crippen molar-refractivity contribution in [2.75, 3.05) is 19.6 Å². The fourth-order valence-corrected chi connectivity index (χ4v) is 3.34. The standard InChI is InChI=1S/C17H25N5O/c1-11-9-12(2)22-16(20-11)15(13(3)21-22)17(23)19-8-6-14-5-4-7-18-10-14/h9,14,18H,4-8,10H2,1-3H3,(H,19,23). The molecule has 1 amide bonds. The molecule has 0 bridgehead atoms. The van der Waals surface area contributed by atoms with Gasteiger partial charge in [-0.25, -0.2) is 9.50 Å². The summed E-state index contributed by atoms with van der Waals surface area (Å²) in [6.07, 6.45) is 3.50. The average Bonchev–Trinajstić information content (AvgIpc) is 2.85. The molecular weight excluding hydrogens is 290 g/mol. The first kappa shape index (κ1) is 15.9. The number of aryl methyl sites for hydroxylation is 3. The summed E-state index contributed by atoms with van der Waals surface area (Å²) in [5, 5.41) is 10.9. The molecule has 2 aromatic rings. The van der Waals surface area contributed by atoms with Gasteiger partial charge < -0.3 is 10.6 Å². The summed E-state index contributed by atoms with van der Waals surface area (Å²) < 4.78 is 1.75. The first-order chi connectivity index (χ1) is 11.1. The molecule has 0 spiro atoms. The quantitative estimate of drug-likeness (QED) is 0.902. The SMILES string of the molecule is Cc1cc(C)n2nc(C)c(C(=O)NCCC3CCCNC3)c2n1. The topological polar surface area (TPSA) is 71.3 Å². The minimum atomic E-state index is -0.0706. The minimum Gasteiger partial charge on any atom is -0.352 e. The highest BCUT2D eigenvalue weighted by molar-refractivity contribution is 6.01. The summed E-state index contributed by atoms with van der Waals surface area (Å²) in [6, 6.07) is 1.97. The number of rotatable bonds is 4. The van der Waals surface area contributed by atoms with E-state index in [0.717, 1.165) is 36.6 Å². The molecule has 1 atom stereocenters. The number of hydrogen-bond acceptors (Lipinski definition) is 4. The molecule has 0 aromatic carbocycles. The van der Waals surface area contributed by atoms with Crippen LogP contribution in [0.4, 0.5) is 0 Å². The van der Waals surface area contributed by atoms with Crippen molar-refractivity contribution in [3.05, 3.63) is 28.7 Å². The van der Waals surface area contributed by atoms with Gasteiger partial charge in [0.2, 0.25) is 0 Å². The maximum Gasteiger partial charge on any atom is 0.257 e. The van der Waals surface area contributed by atoms with Gasteiger partial charge in [-0.3, -0.25) is 4.79 Å². The highest BCUT2D eigenvalue weighted by Crippen LogP contribution is 2.17. The molecule has 6 nitrogen and oxygen atoms in total. The molecule has 2 N–H and O–H groups in total. The summed E-state index contributed by atoms with van der Waals surface area (Å²) in [7, 11) is 0. The first-order valence-corrected chi connectivity index (χ1v) is 8.38. The highest BCUT2D eigenvalue weighted by atomic mass is 16.1. The van der Waals surface area contributed by atoms with Crippen LogP contribution < -0.4 is 10.6 Å². The average molecular weight is 315 g/mol. The van der Waals surface area contributed by atoms with E-state index in [1.807, 2.05) is 26.8 Å². The van der Waals surface area contributed by atoms with Gasteiger partial charge in [-0.1, -0.05) is 0 Å². The van der Waals surface area contributed by atoms with Crippen LogP contribution in [0.25, 0.3) is 5.65 Å². The van der Waals surface area contributed by atoms with Gasteiger partial charge in [-0.2, -0.15) is 5.10 Å². The van der Waals surface area contributed by atoms with Crippen LogP contribution in [-0.2, 0) is 0 Å². The van der Waals surface area contributed by atoms with Crippen molar-refractivity contribution >= 4 is 11.6 Å². The van der Waals surface area contributed by atoms with E-state index >= 15 is 0 Å². The van der Waals surface area contributed by atoms with Crippen molar-refractivity contribution in [3.8, 4) is 0 Å². The molecule has 1 aliphatic heterocycles. The molecule has 23 heavy (non-hydrogen) atoms. The van der Waals surface area contributed by atoms with Crippen molar-refractivity contribution in [2.45, 2.75) is 40.0 Å². The second-order valence-electron chi connectivity index (χ2n) is 6.49. The fraction of sp³-hybridized carbons (Fsp3) is 0.588. The summed E-state index contributed by atoms with van der Waals surface area (Å²) in [6.45, 7) is 8.66. The van der Waals surface area contributed by atoms with Crippen molar-refractivity contribution in [3.63, 3.8) is 0 Å². The zero-order valence-corrected chi connectivity index (χ0v) is 14.1. The van der Waals surface area contributed by atoms with E-state index in [-0.39, 0.29) is 5.91 Å². The summed E-state index contributed by atoms with van der Waals surface area (Å²) in [4.78, 5) is 17.1. The largest absolute Gasteiger partial charge is 0.352 e. The van der Waals surface area contributed by atoms with E-state index in [2.05, 4.69) is 20.7 Å². The van der Waals surface area contributed by atoms with Crippen LogP contribution in [0, 0.1) is 26.7 Å². The van der Waals surface area contributed by atoms with Gasteiger partial charge in [-0.15, -0.1) is 0 Å². The molecule has 0 radical (unpaired) electrons. The number of nitrogens with zero attached hydrogens (tertiary/aromatic N) is 3. The normalized spacial score (nSPS) is 18.3. The lowest BCUT2D eigenvalue weighted by Gasteiger charge is -2.22. The summed E-state index contributed by atoms with van der Waals surface area (Å²) in [5.41, 5.74) is 3.86. The zero-order chi connectivity index (χ0) is 16.4. The number of carbonyl (C=O) groups excluding carboxylic acids is 1. The van der Waals surface area contributed by atoms with Gasteiger partial charge >= 0.3 is 0 Å². The molecule has 3 heterocycles. The second kappa shape index (κ2) is 6.66. The summed E-state index contributed by atoms with van der Waals surface area (Å²) in [5.74, 6) is 0.593. The lowest BCUT2D eigenvalue weighted by Crippen LogP contribution is -2.33. The Hall–Kier alpha value is -1.95. The Labute approximate surface area is 136 Å². The van der Waals surface area contributed by atoms with Crippen molar-refractivity contribution in [2.24, 2.45) is 5.92 Å². The van der Waals surface area contributed by atoms with Crippen molar-refractivity contribution in [1.29, 1.82) is 0 Å². The molecule has 1 fully saturated rings. The third-order valence-corrected chi connectivity index (χ3v) is 4.53. The van der Waals surface area contributed by atoms with Gasteiger partial charge in [0.05, 0.1) is 5.69 Å². The molecule has 124 valence electrons. The third kappa shape index (κ3) is 3.37. The molecule has 6 heteroatoms. The maximum absolute atomic E-state index is 12.6. The van der Waals surface area contributed by atoms with E-state index in [9.17, 15) is 4.79 Å². The molecule has 0 aliphatic carbocycles. The van der Waals surface area contributed by atoms with Gasteiger partial charge in [0.25, 0.3) is 5.91 Å². The third-order valence-electron chi connectivity index (χ3n) is 4.53. The Balaban J connectivity index is 1.71. The molecular formula is C17H25N5O. The molecule has 1 saturated heterocycles. The van der Waals surface area contributed by atoms with Crippen LogP contribution in [0.3, 0.4) is 0 Å². The maximum atomic E-state index is 12.6. The number of aromatic nitrogens is 3. The Bertz CT molecular complexity index is 715. The lowest BCUT2D eigenvalue weighted by molar-refractivity contribution is 0.0951. The lowest BCUT2D eigenvalue weighted by atomic mass is 9.96. The van der Waals surface area contributed by atoms with Gasteiger partial charge in [0, 0.05) is 17.9 Å². The van der Waals surface area contributed by atoms with Gasteiger partial charge in [0.15, 0.2) is 5.65 Å². The number of fused-ring (bicyclic) bond motifs is 1. The Morgan fingerprint density at radius 2 is 2.26 bits per heavy atom. The second-order valence-corrected chi connectivity index (χ2v) is 6.49. The van der Waals surface area contributed by atoms with Crippen LogP contribution in [0.5, 0.6) is 0 Å². The van der Waals surface area contributed by atoms with Crippen LogP contribution in [0.2, 0.25) is 0 Å². The fourth-order valence-electron chi connectivity index (χ4n) is 3.34. The van der Waals surface area contributed by atoms with Crippen molar-refractivity contribution < 1.29 is 4.79 Å². The van der Waals surface area contributed by atoms with Gasteiger partial charge in [-0.05, 0) is 65.1 Å². The molecule has 3 rings (SSSR count). The monoisotopic (exact) mass is 315 g/mol. The van der Waals surface area contributed by atoms with E-state index in [0.29, 0.717) is 23.7 Å². The zero-order valence-electron chi connectivity index (χ0n) is 14.1. The predicted octanol–water partition coefficient (Wildman–Crippen LogP) is 1.77. The Kier molecular flexibility index (Phi) is 4.61. The first-order valence-electron chi connectivity index (χ1n) is 8.38. The Morgan fingerprint density at radius 1 is 1.43 bits per heavy atom. The van der Waals surface area contributed by atoms with E-state index in [1.165, 1.54) is 12.8 Å². The van der Waals surface area contributed by atoms with E-state index in [4.69, 9.17) is 0 Å². The highest BCUT2D eigenvalue weighted by Gasteiger charge is 2.20. The Morgan fingerprint density at radius 3 is 3.00 bits per heavy atom. The predicted molar refractivity (Wildman–Crippen MR) is 89.7 cm³/mol. The summed E-state index contributed by atoms with van der Waals surface area (Å²) >= 11 is 0. The molecule has 1 unspecified atom stereocenters. The molecule has 0 saturated carbocycles. The van der Waals surface area contributed by atoms with Crippen LogP contribution in [0.15, 0.2) is 6.07 Å². The van der Waals surface area contributed by atoms with Crippen LogP contribution in [0.1, 0.15) is 46.7 Å². The molecule has 1 aliphatic rings. The van der Waals surface area contributed by atoms with Crippen molar-refractivity contribution in [1.82, 2.24) is 25.2 Å². The van der Waals surface area contributed by atoms with E-state index < -0.39 is 0 Å². The molecule has 2 aromatic heterocycles. The van der Waals surface area contributed by atoms with Gasteiger partial charge in [0.1, 0.15) is 5.56 Å².